The molecule has 1 aromatic heterocycles. The van der Waals surface area contributed by atoms with Gasteiger partial charge in [-0.3, -0.25) is 24.4 Å². The number of aromatic amines is 1. The molecule has 0 radical (unpaired) electrons. The molecule has 16 heteroatoms. The number of alkyl halides is 3. The Bertz CT molecular complexity index is 1510. The Morgan fingerprint density at radius 3 is 2.30 bits per heavy atom. The van der Waals surface area contributed by atoms with Gasteiger partial charge in [-0.25, -0.2) is 4.79 Å². The van der Waals surface area contributed by atoms with Crippen molar-refractivity contribution in [1.29, 1.82) is 0 Å². The van der Waals surface area contributed by atoms with Crippen LogP contribution in [0.3, 0.4) is 0 Å². The van der Waals surface area contributed by atoms with Gasteiger partial charge in [0.05, 0.1) is 27.5 Å². The molecule has 2 heterocycles. The lowest BCUT2D eigenvalue weighted by molar-refractivity contribution is -0.192. The highest BCUT2D eigenvalue weighted by Crippen LogP contribution is 2.26. The van der Waals surface area contributed by atoms with Gasteiger partial charge in [-0.05, 0) is 49.2 Å². The first-order valence-corrected chi connectivity index (χ1v) is 13.7. The fourth-order valence-corrected chi connectivity index (χ4v) is 4.66. The fourth-order valence-electron chi connectivity index (χ4n) is 4.09. The predicted octanol–water partition coefficient (Wildman–Crippen LogP) is 5.12. The summed E-state index contributed by atoms with van der Waals surface area (Å²) in [7, 11) is 0. The van der Waals surface area contributed by atoms with Crippen LogP contribution < -0.4 is 16.0 Å². The highest BCUT2D eigenvalue weighted by Gasteiger charge is 2.38. The zero-order chi connectivity index (χ0) is 32.4. The van der Waals surface area contributed by atoms with E-state index in [0.29, 0.717) is 6.54 Å². The van der Waals surface area contributed by atoms with Crippen LogP contribution in [0.4, 0.5) is 24.5 Å². The standard InChI is InChI=1S/C26H26Cl2N6O3.C2HF3O2/c1-2-4-22(35)30-17-9-7-16(8-10-17)14-34-12-11-18(15-34)31-26(37)24-21(13-29-33-24)32-25(36)23-19(27)5-3-6-20(23)28;3-2(4,5)1(6)7/h2-10,13,18H,11-12,14-15H2,1H3,(H,29,33)(H,30,35)(H,31,37)(H,32,36);(H,6,7)/b4-2+;/t18-;/m0./s1. The van der Waals surface area contributed by atoms with Crippen molar-refractivity contribution in [2.24, 2.45) is 0 Å². The minimum atomic E-state index is -5.08. The number of rotatable bonds is 8. The molecule has 1 aliphatic rings. The van der Waals surface area contributed by atoms with Gasteiger partial charge in [0, 0.05) is 31.4 Å². The van der Waals surface area contributed by atoms with E-state index in [1.54, 1.807) is 31.2 Å². The Hall–Kier alpha value is -4.40. The molecule has 2 aromatic carbocycles. The average Bonchev–Trinajstić information content (AvgIpc) is 3.59. The summed E-state index contributed by atoms with van der Waals surface area (Å²) in [6, 6.07) is 12.4. The van der Waals surface area contributed by atoms with E-state index in [2.05, 4.69) is 31.0 Å². The molecule has 0 saturated carbocycles. The first-order valence-electron chi connectivity index (χ1n) is 12.9. The largest absolute Gasteiger partial charge is 0.490 e. The van der Waals surface area contributed by atoms with Crippen molar-refractivity contribution >= 4 is 58.3 Å². The van der Waals surface area contributed by atoms with Gasteiger partial charge in [-0.1, -0.05) is 47.5 Å². The van der Waals surface area contributed by atoms with Gasteiger partial charge in [-0.2, -0.15) is 18.3 Å². The Morgan fingerprint density at radius 2 is 1.70 bits per heavy atom. The van der Waals surface area contributed by atoms with Crippen LogP contribution in [0, 0.1) is 0 Å². The van der Waals surface area contributed by atoms with Crippen LogP contribution in [0.15, 0.2) is 60.8 Å². The number of nitrogens with zero attached hydrogens (tertiary/aromatic N) is 2. The van der Waals surface area contributed by atoms with Gasteiger partial charge in [0.2, 0.25) is 5.91 Å². The lowest BCUT2D eigenvalue weighted by Gasteiger charge is -2.17. The number of carboxylic acids is 1. The second-order valence-corrected chi connectivity index (χ2v) is 10.2. The molecule has 4 rings (SSSR count). The summed E-state index contributed by atoms with van der Waals surface area (Å²) in [6.07, 6.45) is 0.227. The molecule has 3 amide bonds. The number of benzene rings is 2. The number of halogens is 5. The lowest BCUT2D eigenvalue weighted by Crippen LogP contribution is -2.37. The van der Waals surface area contributed by atoms with Gasteiger partial charge < -0.3 is 21.1 Å². The third-order valence-electron chi connectivity index (χ3n) is 6.10. The summed E-state index contributed by atoms with van der Waals surface area (Å²) in [5.74, 6) is -3.83. The molecule has 0 aliphatic carbocycles. The van der Waals surface area contributed by atoms with E-state index in [1.807, 2.05) is 24.3 Å². The first kappa shape index (κ1) is 34.1. The molecule has 1 fully saturated rings. The molecule has 3 aromatic rings. The van der Waals surface area contributed by atoms with E-state index in [1.165, 1.54) is 12.3 Å². The Balaban J connectivity index is 0.000000676. The SMILES string of the molecule is C/C=C/C(=O)Nc1ccc(CN2CC[C@H](NC(=O)c3[nH]ncc3NC(=O)c3c(Cl)cccc3Cl)C2)cc1.O=C(O)C(F)(F)F. The molecule has 0 unspecified atom stereocenters. The van der Waals surface area contributed by atoms with E-state index in [-0.39, 0.29) is 44.8 Å². The molecule has 1 atom stereocenters. The monoisotopic (exact) mass is 654 g/mol. The maximum atomic E-state index is 12.9. The number of aromatic nitrogens is 2. The van der Waals surface area contributed by atoms with Crippen LogP contribution in [0.2, 0.25) is 10.0 Å². The van der Waals surface area contributed by atoms with Crippen LogP contribution in [-0.2, 0) is 16.1 Å². The number of H-pyrrole nitrogens is 1. The molecule has 1 saturated heterocycles. The number of amides is 3. The van der Waals surface area contributed by atoms with Crippen molar-refractivity contribution in [1.82, 2.24) is 20.4 Å². The van der Waals surface area contributed by atoms with Gasteiger partial charge in [0.25, 0.3) is 11.8 Å². The molecule has 0 bridgehead atoms. The van der Waals surface area contributed by atoms with E-state index in [0.717, 1.165) is 30.8 Å². The summed E-state index contributed by atoms with van der Waals surface area (Å²) in [4.78, 5) is 48.4. The number of aliphatic carboxylic acids is 1. The number of hydrogen-bond donors (Lipinski definition) is 5. The normalized spacial score (nSPS) is 14.9. The van der Waals surface area contributed by atoms with Gasteiger partial charge in [0.15, 0.2) is 0 Å². The summed E-state index contributed by atoms with van der Waals surface area (Å²) < 4.78 is 31.7. The number of nitrogens with one attached hydrogen (secondary N) is 4. The van der Waals surface area contributed by atoms with Crippen LogP contribution in [0.25, 0.3) is 0 Å². The molecule has 234 valence electrons. The van der Waals surface area contributed by atoms with E-state index >= 15 is 0 Å². The average molecular weight is 655 g/mol. The van der Waals surface area contributed by atoms with Crippen LogP contribution in [-0.4, -0.2) is 69.2 Å². The number of carbonyl (C=O) groups is 4. The third-order valence-corrected chi connectivity index (χ3v) is 6.73. The molecule has 1 aliphatic heterocycles. The molecular weight excluding hydrogens is 628 g/mol. The van der Waals surface area contributed by atoms with E-state index < -0.39 is 18.1 Å². The van der Waals surface area contributed by atoms with Crippen LogP contribution in [0.1, 0.15) is 39.8 Å². The number of likely N-dealkylation sites (tertiary alicyclic amines) is 1. The maximum absolute atomic E-state index is 12.9. The molecule has 5 N–H and O–H groups in total. The van der Waals surface area contributed by atoms with E-state index in [4.69, 9.17) is 33.1 Å². The zero-order valence-electron chi connectivity index (χ0n) is 23.0. The number of hydrogen-bond acceptors (Lipinski definition) is 6. The number of allylic oxidation sites excluding steroid dienone is 1. The molecule has 11 nitrogen and oxygen atoms in total. The molecule has 0 spiro atoms. The van der Waals surface area contributed by atoms with Crippen molar-refractivity contribution in [2.75, 3.05) is 23.7 Å². The van der Waals surface area contributed by atoms with Crippen molar-refractivity contribution < 1.29 is 37.5 Å². The predicted molar refractivity (Wildman–Crippen MR) is 158 cm³/mol. The summed E-state index contributed by atoms with van der Waals surface area (Å²) in [5, 5.41) is 22.6. The Labute approximate surface area is 259 Å². The topological polar surface area (TPSA) is 157 Å². The Morgan fingerprint density at radius 1 is 1.07 bits per heavy atom. The summed E-state index contributed by atoms with van der Waals surface area (Å²) >= 11 is 12.2. The fraction of sp³-hybridized carbons (Fsp3) is 0.250. The van der Waals surface area contributed by atoms with Crippen molar-refractivity contribution in [3.8, 4) is 0 Å². The van der Waals surface area contributed by atoms with Gasteiger partial charge >= 0.3 is 12.1 Å². The third kappa shape index (κ3) is 9.82. The zero-order valence-corrected chi connectivity index (χ0v) is 24.6. The molecular formula is C28H27Cl2F3N6O5. The van der Waals surface area contributed by atoms with Crippen molar-refractivity contribution in [3.05, 3.63) is 87.7 Å². The van der Waals surface area contributed by atoms with Crippen molar-refractivity contribution in [3.63, 3.8) is 0 Å². The number of anilines is 2. The minimum absolute atomic E-state index is 0.0586. The summed E-state index contributed by atoms with van der Waals surface area (Å²) in [6.45, 7) is 4.01. The van der Waals surface area contributed by atoms with Crippen molar-refractivity contribution in [2.45, 2.75) is 32.1 Å². The lowest BCUT2D eigenvalue weighted by atomic mass is 10.2. The van der Waals surface area contributed by atoms with Crippen LogP contribution >= 0.6 is 23.2 Å². The Kier molecular flexibility index (Phi) is 11.9. The summed E-state index contributed by atoms with van der Waals surface area (Å²) in [5.41, 5.74) is 2.34. The second kappa shape index (κ2) is 15.4. The smallest absolute Gasteiger partial charge is 0.475 e. The molecule has 44 heavy (non-hydrogen) atoms. The first-order chi connectivity index (χ1) is 20.8. The van der Waals surface area contributed by atoms with Gasteiger partial charge in [0.1, 0.15) is 5.69 Å². The van der Waals surface area contributed by atoms with Gasteiger partial charge in [-0.15, -0.1) is 0 Å². The number of carbonyl (C=O) groups excluding carboxylic acids is 3. The number of carboxylic acid groups (broad SMARTS) is 1. The quantitative estimate of drug-likeness (QED) is 0.211. The van der Waals surface area contributed by atoms with E-state index in [9.17, 15) is 27.6 Å². The minimum Gasteiger partial charge on any atom is -0.475 e. The second-order valence-electron chi connectivity index (χ2n) is 9.39. The maximum Gasteiger partial charge on any atom is 0.490 e. The highest BCUT2D eigenvalue weighted by molar-refractivity contribution is 6.40. The van der Waals surface area contributed by atoms with Crippen LogP contribution in [0.5, 0.6) is 0 Å². The highest BCUT2D eigenvalue weighted by atomic mass is 35.5.